The second-order valence-corrected chi connectivity index (χ2v) is 11.6. The van der Waals surface area contributed by atoms with Gasteiger partial charge in [0.25, 0.3) is 0 Å². The van der Waals surface area contributed by atoms with Crippen LogP contribution in [0.1, 0.15) is 27.8 Å². The summed E-state index contributed by atoms with van der Waals surface area (Å²) < 4.78 is 2.15. The third-order valence-corrected chi connectivity index (χ3v) is 8.82. The Morgan fingerprint density at radius 1 is 0.541 bits per heavy atom. The first-order valence-corrected chi connectivity index (χ1v) is 14.0. The van der Waals surface area contributed by atoms with Crippen LogP contribution < -0.4 is 9.80 Å². The number of rotatable bonds is 2. The van der Waals surface area contributed by atoms with Gasteiger partial charge >= 0.3 is 0 Å². The predicted octanol–water partition coefficient (Wildman–Crippen LogP) is 9.33. The predicted molar refractivity (Wildman–Crippen MR) is 160 cm³/mol. The van der Waals surface area contributed by atoms with Crippen molar-refractivity contribution in [2.75, 3.05) is 16.8 Å². The molecule has 0 radical (unpaired) electrons. The molecular weight excluding hydrogens is 584 g/mol. The number of benzene rings is 5. The number of fused-ring (bicyclic) bond motifs is 8. The van der Waals surface area contributed by atoms with Gasteiger partial charge in [-0.3, -0.25) is 0 Å². The molecule has 2 aliphatic heterocycles. The maximum Gasteiger partial charge on any atom is 0.0782 e. The van der Waals surface area contributed by atoms with Crippen LogP contribution in [0.2, 0.25) is 0 Å². The van der Waals surface area contributed by atoms with Crippen molar-refractivity contribution in [3.05, 3.63) is 152 Å². The highest BCUT2D eigenvalue weighted by molar-refractivity contribution is 9.10. The minimum absolute atomic E-state index is 0.445. The third kappa shape index (κ3) is 3.29. The summed E-state index contributed by atoms with van der Waals surface area (Å²) in [6, 6.07) is 42.1. The fraction of sp³-hybridized carbons (Fsp3) is 0.0909. The highest BCUT2D eigenvalue weighted by Crippen LogP contribution is 2.62. The maximum atomic E-state index is 3.80. The molecule has 0 atom stereocenters. The maximum absolute atomic E-state index is 3.80. The van der Waals surface area contributed by atoms with Crippen LogP contribution in [0.15, 0.2) is 124 Å². The minimum atomic E-state index is -0.445. The number of nitrogens with zero attached hydrogens (tertiary/aromatic N) is 2. The first kappa shape index (κ1) is 22.8. The SMILES string of the molecule is CN1c2ccccc2C2(c3ccccc31)c1ccc(Br)cc1N(Cc1ccccc1)c1cc(Br)ccc12. The molecule has 4 heteroatoms. The molecule has 0 aliphatic carbocycles. The van der Waals surface area contributed by atoms with E-state index in [4.69, 9.17) is 0 Å². The van der Waals surface area contributed by atoms with Crippen LogP contribution in [0, 0.1) is 0 Å². The number of para-hydroxylation sites is 2. The molecule has 2 aliphatic rings. The average Bonchev–Trinajstić information content (AvgIpc) is 2.93. The summed E-state index contributed by atoms with van der Waals surface area (Å²) >= 11 is 7.60. The van der Waals surface area contributed by atoms with E-state index >= 15 is 0 Å². The molecule has 180 valence electrons. The number of hydrogen-bond acceptors (Lipinski definition) is 2. The van der Waals surface area contributed by atoms with Gasteiger partial charge in [0.1, 0.15) is 0 Å². The van der Waals surface area contributed by atoms with E-state index in [1.54, 1.807) is 0 Å². The lowest BCUT2D eigenvalue weighted by Crippen LogP contribution is -2.42. The molecule has 1 spiro atoms. The van der Waals surface area contributed by atoms with Crippen LogP contribution in [0.4, 0.5) is 22.7 Å². The third-order valence-electron chi connectivity index (χ3n) is 7.83. The molecule has 0 aromatic heterocycles. The zero-order valence-corrected chi connectivity index (χ0v) is 23.5. The smallest absolute Gasteiger partial charge is 0.0782 e. The molecule has 7 rings (SSSR count). The van der Waals surface area contributed by atoms with Gasteiger partial charge in [0.15, 0.2) is 0 Å². The van der Waals surface area contributed by atoms with E-state index in [9.17, 15) is 0 Å². The van der Waals surface area contributed by atoms with E-state index in [0.717, 1.165) is 15.5 Å². The molecular formula is C33H24Br2N2. The summed E-state index contributed by atoms with van der Waals surface area (Å²) in [5.74, 6) is 0. The lowest BCUT2D eigenvalue weighted by atomic mass is 9.60. The summed E-state index contributed by atoms with van der Waals surface area (Å²) in [6.45, 7) is 0.785. The number of hydrogen-bond donors (Lipinski definition) is 0. The van der Waals surface area contributed by atoms with Gasteiger partial charge in [0.05, 0.1) is 5.41 Å². The van der Waals surface area contributed by atoms with Crippen LogP contribution in [-0.2, 0) is 12.0 Å². The van der Waals surface area contributed by atoms with Crippen molar-refractivity contribution < 1.29 is 0 Å². The standard InChI is InChI=1S/C33H24Br2N2/c1-36-29-13-7-5-11-25(29)33(26-12-6-8-14-30(26)36)27-17-15-23(34)19-31(27)37(21-22-9-3-2-4-10-22)32-20-24(35)16-18-28(32)33/h2-20H,21H2,1H3. The van der Waals surface area contributed by atoms with Crippen molar-refractivity contribution in [2.45, 2.75) is 12.0 Å². The second-order valence-electron chi connectivity index (χ2n) is 9.74. The number of anilines is 4. The van der Waals surface area contributed by atoms with Gasteiger partial charge in [-0.1, -0.05) is 111 Å². The van der Waals surface area contributed by atoms with E-state index in [-0.39, 0.29) is 0 Å². The van der Waals surface area contributed by atoms with Gasteiger partial charge in [-0.25, -0.2) is 0 Å². The van der Waals surface area contributed by atoms with Crippen molar-refractivity contribution in [1.29, 1.82) is 0 Å². The molecule has 0 fully saturated rings. The van der Waals surface area contributed by atoms with Gasteiger partial charge < -0.3 is 9.80 Å². The Bertz CT molecular complexity index is 1560. The van der Waals surface area contributed by atoms with Crippen molar-refractivity contribution >= 4 is 54.6 Å². The molecule has 0 unspecified atom stereocenters. The molecule has 37 heavy (non-hydrogen) atoms. The molecule has 0 N–H and O–H groups in total. The Balaban J connectivity index is 1.63. The van der Waals surface area contributed by atoms with Crippen molar-refractivity contribution in [3.63, 3.8) is 0 Å². The van der Waals surface area contributed by atoms with Gasteiger partial charge in [-0.2, -0.15) is 0 Å². The molecule has 0 saturated carbocycles. The first-order valence-electron chi connectivity index (χ1n) is 12.4. The van der Waals surface area contributed by atoms with E-state index in [2.05, 4.69) is 164 Å². The van der Waals surface area contributed by atoms with E-state index in [1.165, 1.54) is 50.6 Å². The van der Waals surface area contributed by atoms with Crippen LogP contribution >= 0.6 is 31.9 Å². The Labute approximate surface area is 234 Å². The van der Waals surface area contributed by atoms with Gasteiger partial charge in [0, 0.05) is 45.3 Å². The van der Waals surface area contributed by atoms with Crippen molar-refractivity contribution in [1.82, 2.24) is 0 Å². The fourth-order valence-electron chi connectivity index (χ4n) is 6.32. The molecule has 0 saturated heterocycles. The lowest BCUT2D eigenvalue weighted by molar-refractivity contribution is 0.701. The fourth-order valence-corrected chi connectivity index (χ4v) is 7.02. The molecule has 0 amide bonds. The quantitative estimate of drug-likeness (QED) is 0.197. The van der Waals surface area contributed by atoms with Gasteiger partial charge in [0.2, 0.25) is 0 Å². The summed E-state index contributed by atoms with van der Waals surface area (Å²) in [5, 5.41) is 0. The van der Waals surface area contributed by atoms with E-state index in [1.807, 2.05) is 0 Å². The molecule has 5 aromatic rings. The van der Waals surface area contributed by atoms with Crippen molar-refractivity contribution in [3.8, 4) is 0 Å². The summed E-state index contributed by atoms with van der Waals surface area (Å²) in [6.07, 6.45) is 0. The highest BCUT2D eigenvalue weighted by atomic mass is 79.9. The molecule has 2 nitrogen and oxygen atoms in total. The topological polar surface area (TPSA) is 6.48 Å². The van der Waals surface area contributed by atoms with Crippen LogP contribution in [0.3, 0.4) is 0 Å². The molecule has 5 aromatic carbocycles. The second kappa shape index (κ2) is 8.61. The van der Waals surface area contributed by atoms with Gasteiger partial charge in [-0.05, 0) is 64.2 Å². The Morgan fingerprint density at radius 2 is 1.00 bits per heavy atom. The zero-order valence-electron chi connectivity index (χ0n) is 20.3. The van der Waals surface area contributed by atoms with Crippen molar-refractivity contribution in [2.24, 2.45) is 0 Å². The Morgan fingerprint density at radius 3 is 1.54 bits per heavy atom. The van der Waals surface area contributed by atoms with Crippen LogP contribution in [-0.4, -0.2) is 7.05 Å². The first-order chi connectivity index (χ1) is 18.1. The molecule has 2 heterocycles. The minimum Gasteiger partial charge on any atom is -0.344 e. The summed E-state index contributed by atoms with van der Waals surface area (Å²) in [5.41, 5.74) is 11.0. The number of halogens is 2. The average molecular weight is 608 g/mol. The van der Waals surface area contributed by atoms with E-state index in [0.29, 0.717) is 0 Å². The van der Waals surface area contributed by atoms with Crippen LogP contribution in [0.5, 0.6) is 0 Å². The van der Waals surface area contributed by atoms with Gasteiger partial charge in [-0.15, -0.1) is 0 Å². The lowest BCUT2D eigenvalue weighted by Gasteiger charge is -2.51. The monoisotopic (exact) mass is 606 g/mol. The Hall–Kier alpha value is -3.34. The summed E-state index contributed by atoms with van der Waals surface area (Å²) in [4.78, 5) is 4.81. The van der Waals surface area contributed by atoms with Crippen LogP contribution in [0.25, 0.3) is 0 Å². The molecule has 0 bridgehead atoms. The van der Waals surface area contributed by atoms with E-state index < -0.39 is 5.41 Å². The summed E-state index contributed by atoms with van der Waals surface area (Å²) in [7, 11) is 2.18. The highest BCUT2D eigenvalue weighted by Gasteiger charge is 2.50. The normalized spacial score (nSPS) is 14.6. The zero-order chi connectivity index (χ0) is 25.1. The Kier molecular flexibility index (Phi) is 5.31. The largest absolute Gasteiger partial charge is 0.344 e.